The van der Waals surface area contributed by atoms with Crippen LogP contribution in [0.15, 0.2) is 54.7 Å². The molecule has 0 atom stereocenters. The number of benzene rings is 2. The molecule has 8 heteroatoms. The van der Waals surface area contributed by atoms with Crippen LogP contribution in [0.1, 0.15) is 6.92 Å². The molecular weight excluding hydrogens is 370 g/mol. The third kappa shape index (κ3) is 3.18. The molecule has 0 fully saturated rings. The minimum Gasteiger partial charge on any atom is -0.454 e. The molecule has 0 bridgehead atoms. The molecule has 0 spiro atoms. The van der Waals surface area contributed by atoms with Crippen molar-refractivity contribution in [3.05, 3.63) is 54.7 Å². The van der Waals surface area contributed by atoms with Crippen LogP contribution in [0.2, 0.25) is 0 Å². The Labute approximate surface area is 166 Å². The number of anilines is 1. The summed E-state index contributed by atoms with van der Waals surface area (Å²) in [6.45, 7) is 3.08. The van der Waals surface area contributed by atoms with E-state index in [0.29, 0.717) is 11.6 Å². The highest BCUT2D eigenvalue weighted by Gasteiger charge is 2.16. The summed E-state index contributed by atoms with van der Waals surface area (Å²) in [6.07, 6.45) is 1.78. The van der Waals surface area contributed by atoms with E-state index in [9.17, 15) is 4.79 Å². The van der Waals surface area contributed by atoms with Gasteiger partial charge in [0.05, 0.1) is 11.2 Å². The fourth-order valence-electron chi connectivity index (χ4n) is 3.44. The molecule has 29 heavy (non-hydrogen) atoms. The molecule has 3 heterocycles. The standard InChI is InChI=1S/C21H19N5O3/c1-2-26-17-6-4-3-5-15(17)21(24-26)22-20(27)12-25-10-9-16(23-25)14-7-8-18-19(11-14)29-13-28-18/h3-11H,2,12-13H2,1H3,(H,22,24,27). The first kappa shape index (κ1) is 17.3. The minimum atomic E-state index is -0.183. The van der Waals surface area contributed by atoms with Gasteiger partial charge in [-0.15, -0.1) is 0 Å². The van der Waals surface area contributed by atoms with Crippen molar-refractivity contribution >= 4 is 22.6 Å². The van der Waals surface area contributed by atoms with Gasteiger partial charge < -0.3 is 14.8 Å². The highest BCUT2D eigenvalue weighted by molar-refractivity contribution is 5.99. The Morgan fingerprint density at radius 3 is 2.86 bits per heavy atom. The van der Waals surface area contributed by atoms with E-state index in [1.165, 1.54) is 0 Å². The number of amides is 1. The summed E-state index contributed by atoms with van der Waals surface area (Å²) < 4.78 is 14.2. The average molecular weight is 389 g/mol. The Morgan fingerprint density at radius 2 is 1.97 bits per heavy atom. The van der Waals surface area contributed by atoms with Gasteiger partial charge in [-0.1, -0.05) is 12.1 Å². The molecule has 1 amide bonds. The van der Waals surface area contributed by atoms with Crippen molar-refractivity contribution in [2.75, 3.05) is 12.1 Å². The van der Waals surface area contributed by atoms with Crippen molar-refractivity contribution in [3.63, 3.8) is 0 Å². The minimum absolute atomic E-state index is 0.0951. The van der Waals surface area contributed by atoms with Crippen molar-refractivity contribution in [2.45, 2.75) is 20.0 Å². The van der Waals surface area contributed by atoms with Gasteiger partial charge in [0.15, 0.2) is 17.3 Å². The van der Waals surface area contributed by atoms with Gasteiger partial charge in [0.2, 0.25) is 12.7 Å². The van der Waals surface area contributed by atoms with Gasteiger partial charge in [-0.3, -0.25) is 14.2 Å². The van der Waals surface area contributed by atoms with Crippen LogP contribution in [0.4, 0.5) is 5.82 Å². The third-order valence-electron chi connectivity index (χ3n) is 4.83. The molecule has 2 aromatic heterocycles. The van der Waals surface area contributed by atoms with Gasteiger partial charge in [0.25, 0.3) is 0 Å². The highest BCUT2D eigenvalue weighted by Crippen LogP contribution is 2.35. The number of nitrogens with one attached hydrogen (secondary N) is 1. The number of hydrogen-bond donors (Lipinski definition) is 1. The van der Waals surface area contributed by atoms with E-state index in [0.717, 1.165) is 34.5 Å². The maximum atomic E-state index is 12.6. The van der Waals surface area contributed by atoms with E-state index in [-0.39, 0.29) is 19.2 Å². The maximum Gasteiger partial charge on any atom is 0.247 e. The quantitative estimate of drug-likeness (QED) is 0.566. The molecule has 2 aromatic carbocycles. The number of hydrogen-bond acceptors (Lipinski definition) is 5. The number of nitrogens with zero attached hydrogens (tertiary/aromatic N) is 4. The third-order valence-corrected chi connectivity index (χ3v) is 4.83. The number of ether oxygens (including phenoxy) is 2. The molecule has 146 valence electrons. The van der Waals surface area contributed by atoms with E-state index in [1.807, 2.05) is 60.1 Å². The summed E-state index contributed by atoms with van der Waals surface area (Å²) >= 11 is 0. The highest BCUT2D eigenvalue weighted by atomic mass is 16.7. The number of aromatic nitrogens is 4. The smallest absolute Gasteiger partial charge is 0.247 e. The monoisotopic (exact) mass is 389 g/mol. The normalized spacial score (nSPS) is 12.4. The Kier molecular flexibility index (Phi) is 4.16. The van der Waals surface area contributed by atoms with Crippen molar-refractivity contribution < 1.29 is 14.3 Å². The van der Waals surface area contributed by atoms with Crippen LogP contribution < -0.4 is 14.8 Å². The maximum absolute atomic E-state index is 12.6. The fourth-order valence-corrected chi connectivity index (χ4v) is 3.44. The van der Waals surface area contributed by atoms with Crippen molar-refractivity contribution in [1.29, 1.82) is 0 Å². The van der Waals surface area contributed by atoms with E-state index >= 15 is 0 Å². The topological polar surface area (TPSA) is 83.2 Å². The van der Waals surface area contributed by atoms with Crippen LogP contribution in [0, 0.1) is 0 Å². The Morgan fingerprint density at radius 1 is 1.10 bits per heavy atom. The lowest BCUT2D eigenvalue weighted by molar-refractivity contribution is -0.116. The molecule has 1 N–H and O–H groups in total. The fraction of sp³-hybridized carbons (Fsp3) is 0.190. The van der Waals surface area contributed by atoms with E-state index in [2.05, 4.69) is 15.5 Å². The second-order valence-electron chi connectivity index (χ2n) is 6.70. The molecule has 0 unspecified atom stereocenters. The van der Waals surface area contributed by atoms with Crippen LogP contribution in [0.3, 0.4) is 0 Å². The number of carbonyl (C=O) groups is 1. The Bertz CT molecular complexity index is 1210. The second-order valence-corrected chi connectivity index (χ2v) is 6.70. The predicted octanol–water partition coefficient (Wildman–Crippen LogP) is 3.29. The van der Waals surface area contributed by atoms with Crippen molar-refractivity contribution in [2.24, 2.45) is 0 Å². The zero-order valence-corrected chi connectivity index (χ0v) is 15.8. The zero-order valence-electron chi connectivity index (χ0n) is 15.8. The van der Waals surface area contributed by atoms with E-state index in [1.54, 1.807) is 10.9 Å². The molecule has 0 saturated carbocycles. The lowest BCUT2D eigenvalue weighted by atomic mass is 10.1. The summed E-state index contributed by atoms with van der Waals surface area (Å²) in [5.41, 5.74) is 2.66. The van der Waals surface area contributed by atoms with Crippen LogP contribution in [-0.4, -0.2) is 32.3 Å². The summed E-state index contributed by atoms with van der Waals surface area (Å²) in [5.74, 6) is 1.81. The summed E-state index contributed by atoms with van der Waals surface area (Å²) in [6, 6.07) is 15.4. The molecule has 0 aliphatic carbocycles. The van der Waals surface area contributed by atoms with Crippen LogP contribution in [0.5, 0.6) is 11.5 Å². The van der Waals surface area contributed by atoms with Gasteiger partial charge in [0.1, 0.15) is 6.54 Å². The predicted molar refractivity (Wildman–Crippen MR) is 108 cm³/mol. The second kappa shape index (κ2) is 6.97. The van der Waals surface area contributed by atoms with Gasteiger partial charge in [-0.05, 0) is 43.3 Å². The van der Waals surface area contributed by atoms with Crippen LogP contribution in [-0.2, 0) is 17.9 Å². The first-order valence-electron chi connectivity index (χ1n) is 9.40. The molecule has 1 aliphatic heterocycles. The molecule has 4 aromatic rings. The van der Waals surface area contributed by atoms with E-state index in [4.69, 9.17) is 9.47 Å². The molecular formula is C21H19N5O3. The summed E-state index contributed by atoms with van der Waals surface area (Å²) in [4.78, 5) is 12.6. The Balaban J connectivity index is 1.32. The molecule has 5 rings (SSSR count). The zero-order chi connectivity index (χ0) is 19.8. The number of para-hydroxylation sites is 1. The summed E-state index contributed by atoms with van der Waals surface area (Å²) in [7, 11) is 0. The summed E-state index contributed by atoms with van der Waals surface area (Å²) in [5, 5.41) is 12.8. The van der Waals surface area contributed by atoms with Crippen molar-refractivity contribution in [1.82, 2.24) is 19.6 Å². The van der Waals surface area contributed by atoms with Gasteiger partial charge in [-0.25, -0.2) is 0 Å². The first-order chi connectivity index (χ1) is 14.2. The SMILES string of the molecule is CCn1nc(NC(=O)Cn2ccc(-c3ccc4c(c3)OCO4)n2)c2ccccc21. The number of rotatable bonds is 5. The Hall–Kier alpha value is -3.81. The van der Waals surface area contributed by atoms with E-state index < -0.39 is 0 Å². The first-order valence-corrected chi connectivity index (χ1v) is 9.40. The van der Waals surface area contributed by atoms with Gasteiger partial charge in [-0.2, -0.15) is 10.2 Å². The average Bonchev–Trinajstić information content (AvgIpc) is 3.46. The number of aryl methyl sites for hydroxylation is 1. The lowest BCUT2D eigenvalue weighted by Gasteiger charge is -2.03. The largest absolute Gasteiger partial charge is 0.454 e. The van der Waals surface area contributed by atoms with Crippen LogP contribution >= 0.6 is 0 Å². The molecule has 8 nitrogen and oxygen atoms in total. The molecule has 1 aliphatic rings. The van der Waals surface area contributed by atoms with Gasteiger partial charge >= 0.3 is 0 Å². The molecule has 0 saturated heterocycles. The van der Waals surface area contributed by atoms with Crippen molar-refractivity contribution in [3.8, 4) is 22.8 Å². The number of carbonyl (C=O) groups excluding carboxylic acids is 1. The number of fused-ring (bicyclic) bond motifs is 2. The molecule has 0 radical (unpaired) electrons. The van der Waals surface area contributed by atoms with Gasteiger partial charge in [0, 0.05) is 23.7 Å². The lowest BCUT2D eigenvalue weighted by Crippen LogP contribution is -2.19. The van der Waals surface area contributed by atoms with Crippen LogP contribution in [0.25, 0.3) is 22.2 Å².